The van der Waals surface area contributed by atoms with Gasteiger partial charge >= 0.3 is 0 Å². The lowest BCUT2D eigenvalue weighted by atomic mass is 10.3. The maximum Gasteiger partial charge on any atom is 0.273 e. The number of thiazole rings is 1. The van der Waals surface area contributed by atoms with Gasteiger partial charge in [0.05, 0.1) is 16.8 Å². The molecule has 3 N–H and O–H groups in total. The van der Waals surface area contributed by atoms with Crippen LogP contribution in [0.2, 0.25) is 4.47 Å². The van der Waals surface area contributed by atoms with Crippen LogP contribution >= 0.6 is 38.9 Å². The van der Waals surface area contributed by atoms with E-state index in [2.05, 4.69) is 25.6 Å². The minimum Gasteiger partial charge on any atom is -0.278 e. The highest BCUT2D eigenvalue weighted by Gasteiger charge is 2.19. The molecule has 0 aliphatic heterocycles. The highest BCUT2D eigenvalue weighted by atomic mass is 79.9. The fourth-order valence-corrected chi connectivity index (χ4v) is 4.99. The first kappa shape index (κ1) is 16.6. The van der Waals surface area contributed by atoms with E-state index in [-0.39, 0.29) is 23.7 Å². The van der Waals surface area contributed by atoms with Crippen LogP contribution in [-0.4, -0.2) is 21.8 Å². The normalized spacial score (nSPS) is 12.3. The lowest BCUT2D eigenvalue weighted by molar-refractivity contribution is 0.597. The number of nitrogens with two attached hydrogens (primary N) is 1. The summed E-state index contributed by atoms with van der Waals surface area (Å²) in [5.41, 5.74) is 0.159. The van der Waals surface area contributed by atoms with Crippen molar-refractivity contribution < 1.29 is 16.8 Å². The largest absolute Gasteiger partial charge is 0.278 e. The number of nitrogens with one attached hydrogen (secondary N) is 1. The monoisotopic (exact) mass is 431 g/mol. The first-order valence-corrected chi connectivity index (χ1v) is 10.1. The molecule has 0 bridgehead atoms. The average molecular weight is 433 g/mol. The number of halogens is 2. The predicted molar refractivity (Wildman–Crippen MR) is 83.4 cm³/mol. The SMILES string of the molecule is NS(=O)(=O)c1ccc(NS(=O)(=O)c2cnc(Cl)s2)c(Br)c1. The molecule has 0 aliphatic rings. The molecule has 0 atom stereocenters. The molecule has 2 rings (SSSR count). The molecule has 0 spiro atoms. The van der Waals surface area contributed by atoms with Gasteiger partial charge in [-0.3, -0.25) is 4.72 Å². The third kappa shape index (κ3) is 3.93. The molecule has 12 heteroatoms. The third-order valence-electron chi connectivity index (χ3n) is 2.23. The standard InChI is InChI=1S/C9H7BrClN3O4S3/c10-6-3-5(20(12,15)16)1-2-7(6)14-21(17,18)8-4-13-9(11)19-8/h1-4,14H,(H2,12,15,16). The molecule has 1 heterocycles. The summed E-state index contributed by atoms with van der Waals surface area (Å²) < 4.78 is 49.1. The summed E-state index contributed by atoms with van der Waals surface area (Å²) >= 11 is 9.48. The molecule has 2 aromatic rings. The van der Waals surface area contributed by atoms with Crippen molar-refractivity contribution in [1.82, 2.24) is 4.98 Å². The molecule has 7 nitrogen and oxygen atoms in total. The van der Waals surface area contributed by atoms with Gasteiger partial charge < -0.3 is 0 Å². The van der Waals surface area contributed by atoms with E-state index in [1.54, 1.807) is 0 Å². The molecule has 114 valence electrons. The zero-order valence-corrected chi connectivity index (χ0v) is 14.7. The minimum absolute atomic E-state index is 0.0603. The Morgan fingerprint density at radius 3 is 2.43 bits per heavy atom. The second-order valence-corrected chi connectivity index (χ2v) is 9.66. The van der Waals surface area contributed by atoms with Crippen molar-refractivity contribution in [1.29, 1.82) is 0 Å². The Morgan fingerprint density at radius 1 is 1.29 bits per heavy atom. The van der Waals surface area contributed by atoms with E-state index in [4.69, 9.17) is 16.7 Å². The van der Waals surface area contributed by atoms with Gasteiger partial charge in [0, 0.05) is 4.47 Å². The molecule has 0 saturated carbocycles. The van der Waals surface area contributed by atoms with Gasteiger partial charge in [0.25, 0.3) is 10.0 Å². The van der Waals surface area contributed by atoms with Crippen LogP contribution in [0, 0.1) is 0 Å². The van der Waals surface area contributed by atoms with Gasteiger partial charge in [0.1, 0.15) is 0 Å². The molecule has 0 fully saturated rings. The quantitative estimate of drug-likeness (QED) is 0.766. The fraction of sp³-hybridized carbons (Fsp3) is 0. The van der Waals surface area contributed by atoms with Crippen molar-refractivity contribution in [3.63, 3.8) is 0 Å². The van der Waals surface area contributed by atoms with Gasteiger partial charge in [0.15, 0.2) is 8.68 Å². The van der Waals surface area contributed by atoms with Gasteiger partial charge in [-0.1, -0.05) is 22.9 Å². The summed E-state index contributed by atoms with van der Waals surface area (Å²) in [6.45, 7) is 0. The lowest BCUT2D eigenvalue weighted by Crippen LogP contribution is -2.14. The zero-order valence-electron chi connectivity index (χ0n) is 9.95. The maximum absolute atomic E-state index is 12.1. The molecule has 0 radical (unpaired) electrons. The number of aromatic nitrogens is 1. The minimum atomic E-state index is -3.87. The van der Waals surface area contributed by atoms with Crippen LogP contribution in [0.15, 0.2) is 38.0 Å². The van der Waals surface area contributed by atoms with Crippen molar-refractivity contribution >= 4 is 64.6 Å². The summed E-state index contributed by atoms with van der Waals surface area (Å²) in [7, 11) is -7.72. The Bertz CT molecular complexity index is 895. The van der Waals surface area contributed by atoms with E-state index >= 15 is 0 Å². The molecule has 0 amide bonds. The highest BCUT2D eigenvalue weighted by molar-refractivity contribution is 9.10. The number of hydrogen-bond donors (Lipinski definition) is 2. The van der Waals surface area contributed by atoms with Crippen LogP contribution in [0.25, 0.3) is 0 Å². The summed E-state index contributed by atoms with van der Waals surface area (Å²) in [5.74, 6) is 0. The molecule has 0 aliphatic carbocycles. The van der Waals surface area contributed by atoms with E-state index in [0.717, 1.165) is 17.5 Å². The van der Waals surface area contributed by atoms with Crippen molar-refractivity contribution in [3.05, 3.63) is 33.3 Å². The molecule has 21 heavy (non-hydrogen) atoms. The van der Waals surface area contributed by atoms with Crippen molar-refractivity contribution in [2.45, 2.75) is 9.10 Å². The van der Waals surface area contributed by atoms with Crippen molar-refractivity contribution in [2.24, 2.45) is 5.14 Å². The summed E-state index contributed by atoms with van der Waals surface area (Å²) in [5, 5.41) is 4.99. The van der Waals surface area contributed by atoms with Gasteiger partial charge in [-0.25, -0.2) is 27.0 Å². The van der Waals surface area contributed by atoms with Gasteiger partial charge in [-0.05, 0) is 34.1 Å². The molecule has 0 saturated heterocycles. The summed E-state index contributed by atoms with van der Waals surface area (Å²) in [4.78, 5) is 3.51. The molecule has 1 aromatic heterocycles. The first-order valence-electron chi connectivity index (χ1n) is 5.06. The Kier molecular flexibility index (Phi) is 4.61. The van der Waals surface area contributed by atoms with Gasteiger partial charge in [-0.2, -0.15) is 0 Å². The number of nitrogens with zero attached hydrogens (tertiary/aromatic N) is 1. The Labute approximate surface area is 138 Å². The predicted octanol–water partition coefficient (Wildman–Crippen LogP) is 2.01. The van der Waals surface area contributed by atoms with E-state index in [1.807, 2.05) is 0 Å². The lowest BCUT2D eigenvalue weighted by Gasteiger charge is -2.09. The molecule has 1 aromatic carbocycles. The van der Waals surface area contributed by atoms with E-state index in [0.29, 0.717) is 0 Å². The van der Waals surface area contributed by atoms with E-state index in [1.165, 1.54) is 18.2 Å². The Balaban J connectivity index is 2.36. The van der Waals surface area contributed by atoms with Crippen LogP contribution in [0.3, 0.4) is 0 Å². The highest BCUT2D eigenvalue weighted by Crippen LogP contribution is 2.29. The van der Waals surface area contributed by atoms with E-state index < -0.39 is 20.0 Å². The molecule has 0 unspecified atom stereocenters. The topological polar surface area (TPSA) is 119 Å². The van der Waals surface area contributed by atoms with Crippen LogP contribution in [-0.2, 0) is 20.0 Å². The third-order valence-corrected chi connectivity index (χ3v) is 6.74. The van der Waals surface area contributed by atoms with E-state index in [9.17, 15) is 16.8 Å². The number of primary sulfonamides is 1. The smallest absolute Gasteiger partial charge is 0.273 e. The average Bonchev–Trinajstić information content (AvgIpc) is 2.78. The van der Waals surface area contributed by atoms with Gasteiger partial charge in [0.2, 0.25) is 10.0 Å². The Hall–Kier alpha value is -0.720. The zero-order chi connectivity index (χ0) is 15.8. The van der Waals surface area contributed by atoms with Crippen molar-refractivity contribution in [2.75, 3.05) is 4.72 Å². The number of rotatable bonds is 4. The molecular weight excluding hydrogens is 426 g/mol. The Morgan fingerprint density at radius 2 is 1.95 bits per heavy atom. The number of anilines is 1. The van der Waals surface area contributed by atoms with Crippen LogP contribution < -0.4 is 9.86 Å². The van der Waals surface area contributed by atoms with Crippen LogP contribution in [0.4, 0.5) is 5.69 Å². The van der Waals surface area contributed by atoms with Crippen molar-refractivity contribution in [3.8, 4) is 0 Å². The maximum atomic E-state index is 12.1. The van der Waals surface area contributed by atoms with Crippen LogP contribution in [0.5, 0.6) is 0 Å². The second-order valence-electron chi connectivity index (χ2n) is 3.72. The van der Waals surface area contributed by atoms with Gasteiger partial charge in [-0.15, -0.1) is 0 Å². The summed E-state index contributed by atoms with van der Waals surface area (Å²) in [6.07, 6.45) is 1.13. The number of hydrogen-bond acceptors (Lipinski definition) is 6. The molecular formula is C9H7BrClN3O4S3. The number of sulfonamides is 2. The fourth-order valence-electron chi connectivity index (χ4n) is 1.31. The van der Waals surface area contributed by atoms with Crippen LogP contribution in [0.1, 0.15) is 0 Å². The first-order chi connectivity index (χ1) is 9.59. The second kappa shape index (κ2) is 5.82. The number of benzene rings is 1. The summed E-state index contributed by atoms with van der Waals surface area (Å²) in [6, 6.07) is 3.68.